The lowest BCUT2D eigenvalue weighted by Gasteiger charge is -2.17. The molecule has 1 heterocycles. The molecule has 2 aromatic rings. The average molecular weight is 251 g/mol. The lowest BCUT2D eigenvalue weighted by atomic mass is 10.1. The van der Waals surface area contributed by atoms with Crippen molar-refractivity contribution < 1.29 is 4.79 Å². The number of rotatable bonds is 2. The van der Waals surface area contributed by atoms with Gasteiger partial charge in [0.05, 0.1) is 11.6 Å². The van der Waals surface area contributed by atoms with Crippen molar-refractivity contribution in [1.29, 1.82) is 5.26 Å². The maximum Gasteiger partial charge on any atom is 0.276 e. The highest BCUT2D eigenvalue weighted by Crippen LogP contribution is 2.17. The average Bonchev–Trinajstić information content (AvgIpc) is 2.46. The summed E-state index contributed by atoms with van der Waals surface area (Å²) in [6, 6.07) is 12.6. The van der Waals surface area contributed by atoms with Crippen LogP contribution in [-0.2, 0) is 0 Å². The molecule has 0 N–H and O–H groups in total. The van der Waals surface area contributed by atoms with Gasteiger partial charge in [-0.15, -0.1) is 0 Å². The van der Waals surface area contributed by atoms with Crippen molar-refractivity contribution >= 4 is 11.6 Å². The van der Waals surface area contributed by atoms with Gasteiger partial charge in [-0.05, 0) is 36.8 Å². The summed E-state index contributed by atoms with van der Waals surface area (Å²) in [7, 11) is 1.67. The number of aromatic nitrogens is 1. The van der Waals surface area contributed by atoms with E-state index in [2.05, 4.69) is 11.1 Å². The van der Waals surface area contributed by atoms with Gasteiger partial charge in [0.15, 0.2) is 0 Å². The first-order valence-corrected chi connectivity index (χ1v) is 5.83. The molecule has 0 unspecified atom stereocenters. The Bertz CT molecular complexity index is 658. The molecule has 0 fully saturated rings. The van der Waals surface area contributed by atoms with Crippen LogP contribution >= 0.6 is 0 Å². The van der Waals surface area contributed by atoms with E-state index >= 15 is 0 Å². The summed E-state index contributed by atoms with van der Waals surface area (Å²) in [6.45, 7) is 1.85. The number of pyridine rings is 1. The molecule has 0 aliphatic rings. The van der Waals surface area contributed by atoms with E-state index in [1.54, 1.807) is 43.6 Å². The van der Waals surface area contributed by atoms with E-state index < -0.39 is 0 Å². The van der Waals surface area contributed by atoms with E-state index in [4.69, 9.17) is 5.26 Å². The molecule has 0 spiro atoms. The van der Waals surface area contributed by atoms with E-state index in [9.17, 15) is 4.79 Å². The first-order valence-electron chi connectivity index (χ1n) is 5.83. The van der Waals surface area contributed by atoms with Crippen molar-refractivity contribution in [2.24, 2.45) is 0 Å². The Morgan fingerprint density at radius 2 is 2.11 bits per heavy atom. The molecule has 1 aromatic carbocycles. The number of anilines is 1. The molecule has 0 atom stereocenters. The first kappa shape index (κ1) is 12.8. The van der Waals surface area contributed by atoms with Crippen molar-refractivity contribution in [2.75, 3.05) is 11.9 Å². The van der Waals surface area contributed by atoms with Gasteiger partial charge in [0.1, 0.15) is 5.69 Å². The topological polar surface area (TPSA) is 57.0 Å². The van der Waals surface area contributed by atoms with Gasteiger partial charge < -0.3 is 4.90 Å². The second-order valence-electron chi connectivity index (χ2n) is 4.20. The van der Waals surface area contributed by atoms with Crippen molar-refractivity contribution in [3.05, 3.63) is 59.4 Å². The van der Waals surface area contributed by atoms with Gasteiger partial charge in [-0.25, -0.2) is 0 Å². The molecule has 1 amide bonds. The molecule has 4 nitrogen and oxygen atoms in total. The van der Waals surface area contributed by atoms with Crippen LogP contribution in [0.2, 0.25) is 0 Å². The third kappa shape index (κ3) is 2.61. The highest BCUT2D eigenvalue weighted by molar-refractivity contribution is 6.05. The molecule has 2 rings (SSSR count). The Kier molecular flexibility index (Phi) is 3.58. The van der Waals surface area contributed by atoms with E-state index in [0.717, 1.165) is 5.56 Å². The normalized spacial score (nSPS) is 9.74. The Morgan fingerprint density at radius 3 is 2.79 bits per heavy atom. The number of benzene rings is 1. The smallest absolute Gasteiger partial charge is 0.276 e. The van der Waals surface area contributed by atoms with Crippen molar-refractivity contribution in [3.63, 3.8) is 0 Å². The highest BCUT2D eigenvalue weighted by atomic mass is 16.2. The quantitative estimate of drug-likeness (QED) is 0.824. The summed E-state index contributed by atoms with van der Waals surface area (Å²) >= 11 is 0. The molecule has 0 saturated carbocycles. The predicted molar refractivity (Wildman–Crippen MR) is 72.9 cm³/mol. The van der Waals surface area contributed by atoms with Crippen molar-refractivity contribution in [3.8, 4) is 6.07 Å². The zero-order valence-corrected chi connectivity index (χ0v) is 10.8. The van der Waals surface area contributed by atoms with Gasteiger partial charge in [0, 0.05) is 18.9 Å². The van der Waals surface area contributed by atoms with Gasteiger partial charge in [-0.1, -0.05) is 12.1 Å². The number of carbonyl (C=O) groups excluding carboxylic acids is 1. The summed E-state index contributed by atoms with van der Waals surface area (Å²) in [5, 5.41) is 8.88. The molecule has 94 valence electrons. The maximum atomic E-state index is 12.3. The number of nitriles is 1. The van der Waals surface area contributed by atoms with Crippen LogP contribution in [0.4, 0.5) is 5.69 Å². The van der Waals surface area contributed by atoms with Crippen LogP contribution < -0.4 is 4.90 Å². The Hall–Kier alpha value is -2.67. The standard InChI is InChI=1S/C15H13N3O/c1-11-5-4-8-17-14(11)15(19)18(2)13-7-3-6-12(9-13)10-16/h3-9H,1-2H3. The van der Waals surface area contributed by atoms with Crippen LogP contribution in [0.3, 0.4) is 0 Å². The van der Waals surface area contributed by atoms with E-state index in [1.807, 2.05) is 13.0 Å². The minimum absolute atomic E-state index is 0.187. The lowest BCUT2D eigenvalue weighted by Crippen LogP contribution is -2.27. The van der Waals surface area contributed by atoms with E-state index in [1.165, 1.54) is 4.90 Å². The molecule has 4 heteroatoms. The highest BCUT2D eigenvalue weighted by Gasteiger charge is 2.16. The van der Waals surface area contributed by atoms with E-state index in [-0.39, 0.29) is 5.91 Å². The second-order valence-corrected chi connectivity index (χ2v) is 4.20. The van der Waals surface area contributed by atoms with Crippen LogP contribution in [0, 0.1) is 18.3 Å². The lowest BCUT2D eigenvalue weighted by molar-refractivity contribution is 0.0987. The molecule has 1 aromatic heterocycles. The third-order valence-corrected chi connectivity index (χ3v) is 2.88. The number of aryl methyl sites for hydroxylation is 1. The summed E-state index contributed by atoms with van der Waals surface area (Å²) in [5.41, 5.74) is 2.45. The van der Waals surface area contributed by atoms with Crippen LogP contribution in [0.1, 0.15) is 21.6 Å². The molecule has 0 bridgehead atoms. The minimum Gasteiger partial charge on any atom is -0.310 e. The number of hydrogen-bond acceptors (Lipinski definition) is 3. The Labute approximate surface area is 111 Å². The SMILES string of the molecule is Cc1cccnc1C(=O)N(C)c1cccc(C#N)c1. The molecular weight excluding hydrogens is 238 g/mol. The number of carbonyl (C=O) groups is 1. The Morgan fingerprint density at radius 1 is 1.32 bits per heavy atom. The molecule has 0 aliphatic heterocycles. The molecule has 0 saturated heterocycles. The van der Waals surface area contributed by atoms with Gasteiger partial charge in [-0.3, -0.25) is 9.78 Å². The van der Waals surface area contributed by atoms with Crippen LogP contribution in [0.15, 0.2) is 42.6 Å². The van der Waals surface area contributed by atoms with Crippen molar-refractivity contribution in [1.82, 2.24) is 4.98 Å². The van der Waals surface area contributed by atoms with Crippen LogP contribution in [-0.4, -0.2) is 17.9 Å². The second kappa shape index (κ2) is 5.32. The van der Waals surface area contributed by atoms with Gasteiger partial charge >= 0.3 is 0 Å². The van der Waals surface area contributed by atoms with Gasteiger partial charge in [0.25, 0.3) is 5.91 Å². The summed E-state index contributed by atoms with van der Waals surface area (Å²) in [4.78, 5) is 18.0. The minimum atomic E-state index is -0.187. The van der Waals surface area contributed by atoms with E-state index in [0.29, 0.717) is 16.9 Å². The van der Waals surface area contributed by atoms with Crippen LogP contribution in [0.25, 0.3) is 0 Å². The molecule has 19 heavy (non-hydrogen) atoms. The van der Waals surface area contributed by atoms with Crippen molar-refractivity contribution in [2.45, 2.75) is 6.92 Å². The fraction of sp³-hybridized carbons (Fsp3) is 0.133. The number of amides is 1. The van der Waals surface area contributed by atoms with Crippen LogP contribution in [0.5, 0.6) is 0 Å². The maximum absolute atomic E-state index is 12.3. The molecule has 0 radical (unpaired) electrons. The fourth-order valence-corrected chi connectivity index (χ4v) is 1.77. The Balaban J connectivity index is 2.34. The fourth-order valence-electron chi connectivity index (χ4n) is 1.77. The summed E-state index contributed by atoms with van der Waals surface area (Å²) in [5.74, 6) is -0.187. The summed E-state index contributed by atoms with van der Waals surface area (Å²) < 4.78 is 0. The molecular formula is C15H13N3O. The monoisotopic (exact) mass is 251 g/mol. The predicted octanol–water partition coefficient (Wildman–Crippen LogP) is 2.54. The molecule has 0 aliphatic carbocycles. The first-order chi connectivity index (χ1) is 9.13. The van der Waals surface area contributed by atoms with Gasteiger partial charge in [0.2, 0.25) is 0 Å². The third-order valence-electron chi connectivity index (χ3n) is 2.88. The number of nitrogens with zero attached hydrogens (tertiary/aromatic N) is 3. The largest absolute Gasteiger partial charge is 0.310 e. The summed E-state index contributed by atoms with van der Waals surface area (Å²) in [6.07, 6.45) is 1.60. The zero-order chi connectivity index (χ0) is 13.8. The van der Waals surface area contributed by atoms with Gasteiger partial charge in [-0.2, -0.15) is 5.26 Å². The zero-order valence-electron chi connectivity index (χ0n) is 10.8. The number of hydrogen-bond donors (Lipinski definition) is 0.